The van der Waals surface area contributed by atoms with Crippen LogP contribution in [-0.4, -0.2) is 18.3 Å². The van der Waals surface area contributed by atoms with E-state index in [1.807, 2.05) is 0 Å². The second kappa shape index (κ2) is 6.66. The molecular formula is C14H23NO. The average Bonchev–Trinajstić information content (AvgIpc) is 2.26. The molecule has 0 aromatic heterocycles. The molecule has 1 aromatic carbocycles. The average molecular weight is 221 g/mol. The summed E-state index contributed by atoms with van der Waals surface area (Å²) in [5, 5.41) is 12.6. The number of hydrogen-bond acceptors (Lipinski definition) is 2. The SMILES string of the molecule is Cc1ccc(CNCC(CO)C(C)C)cc1. The maximum absolute atomic E-state index is 9.19. The summed E-state index contributed by atoms with van der Waals surface area (Å²) in [6.45, 7) is 8.41. The molecule has 0 spiro atoms. The molecule has 2 heteroatoms. The summed E-state index contributed by atoms with van der Waals surface area (Å²) < 4.78 is 0. The molecule has 0 aliphatic rings. The van der Waals surface area contributed by atoms with Crippen LogP contribution >= 0.6 is 0 Å². The number of nitrogens with one attached hydrogen (secondary N) is 1. The van der Waals surface area contributed by atoms with Crippen LogP contribution in [-0.2, 0) is 6.54 Å². The predicted octanol–water partition coefficient (Wildman–Crippen LogP) is 2.35. The van der Waals surface area contributed by atoms with Crippen LogP contribution in [0.25, 0.3) is 0 Å². The zero-order valence-electron chi connectivity index (χ0n) is 10.5. The number of aliphatic hydroxyl groups is 1. The van der Waals surface area contributed by atoms with E-state index in [1.165, 1.54) is 11.1 Å². The molecule has 0 aliphatic carbocycles. The lowest BCUT2D eigenvalue weighted by Gasteiger charge is -2.18. The lowest BCUT2D eigenvalue weighted by atomic mass is 9.97. The van der Waals surface area contributed by atoms with E-state index in [9.17, 15) is 5.11 Å². The molecule has 1 atom stereocenters. The summed E-state index contributed by atoms with van der Waals surface area (Å²) in [7, 11) is 0. The normalized spacial score (nSPS) is 13.1. The van der Waals surface area contributed by atoms with Gasteiger partial charge < -0.3 is 10.4 Å². The monoisotopic (exact) mass is 221 g/mol. The highest BCUT2D eigenvalue weighted by atomic mass is 16.3. The molecular weight excluding hydrogens is 198 g/mol. The zero-order chi connectivity index (χ0) is 12.0. The first kappa shape index (κ1) is 13.2. The van der Waals surface area contributed by atoms with Crippen molar-refractivity contribution in [2.45, 2.75) is 27.3 Å². The fourth-order valence-corrected chi connectivity index (χ4v) is 1.62. The minimum atomic E-state index is 0.262. The summed E-state index contributed by atoms with van der Waals surface area (Å²) in [6, 6.07) is 8.54. The van der Waals surface area contributed by atoms with E-state index in [4.69, 9.17) is 0 Å². The molecule has 16 heavy (non-hydrogen) atoms. The van der Waals surface area contributed by atoms with Gasteiger partial charge in [0, 0.05) is 19.7 Å². The first-order chi connectivity index (χ1) is 7.63. The fourth-order valence-electron chi connectivity index (χ4n) is 1.62. The van der Waals surface area contributed by atoms with Crippen LogP contribution in [0.5, 0.6) is 0 Å². The number of aliphatic hydroxyl groups excluding tert-OH is 1. The number of benzene rings is 1. The first-order valence-corrected chi connectivity index (χ1v) is 6.00. The Hall–Kier alpha value is -0.860. The first-order valence-electron chi connectivity index (χ1n) is 6.00. The van der Waals surface area contributed by atoms with Crippen LogP contribution in [0.1, 0.15) is 25.0 Å². The van der Waals surface area contributed by atoms with Gasteiger partial charge in [0.25, 0.3) is 0 Å². The van der Waals surface area contributed by atoms with E-state index in [2.05, 4.69) is 50.4 Å². The molecule has 1 aromatic rings. The predicted molar refractivity (Wildman–Crippen MR) is 68.3 cm³/mol. The quantitative estimate of drug-likeness (QED) is 0.773. The van der Waals surface area contributed by atoms with Gasteiger partial charge in [0.05, 0.1) is 0 Å². The van der Waals surface area contributed by atoms with Gasteiger partial charge in [-0.3, -0.25) is 0 Å². The molecule has 0 saturated heterocycles. The van der Waals surface area contributed by atoms with Crippen LogP contribution in [0.4, 0.5) is 0 Å². The summed E-state index contributed by atoms with van der Waals surface area (Å²) in [4.78, 5) is 0. The van der Waals surface area contributed by atoms with E-state index in [0.29, 0.717) is 11.8 Å². The second-order valence-electron chi connectivity index (χ2n) is 4.80. The molecule has 1 rings (SSSR count). The molecule has 2 N–H and O–H groups in total. The van der Waals surface area contributed by atoms with Gasteiger partial charge in [0.2, 0.25) is 0 Å². The Bertz CT molecular complexity index is 292. The molecule has 0 heterocycles. The topological polar surface area (TPSA) is 32.3 Å². The third-order valence-electron chi connectivity index (χ3n) is 3.03. The summed E-state index contributed by atoms with van der Waals surface area (Å²) in [5.41, 5.74) is 2.59. The van der Waals surface area contributed by atoms with Gasteiger partial charge in [-0.05, 0) is 24.3 Å². The highest BCUT2D eigenvalue weighted by Gasteiger charge is 2.10. The van der Waals surface area contributed by atoms with E-state index in [1.54, 1.807) is 0 Å². The van der Waals surface area contributed by atoms with Crippen molar-refractivity contribution in [1.82, 2.24) is 5.32 Å². The standard InChI is InChI=1S/C14H23NO/c1-11(2)14(10-16)9-15-8-13-6-4-12(3)5-7-13/h4-7,11,14-16H,8-10H2,1-3H3. The molecule has 1 unspecified atom stereocenters. The van der Waals surface area contributed by atoms with E-state index >= 15 is 0 Å². The van der Waals surface area contributed by atoms with Crippen LogP contribution in [0.2, 0.25) is 0 Å². The maximum Gasteiger partial charge on any atom is 0.0473 e. The summed E-state index contributed by atoms with van der Waals surface area (Å²) in [6.07, 6.45) is 0. The molecule has 0 amide bonds. The number of hydrogen-bond donors (Lipinski definition) is 2. The van der Waals surface area contributed by atoms with Crippen molar-refractivity contribution in [3.05, 3.63) is 35.4 Å². The molecule has 0 saturated carbocycles. The van der Waals surface area contributed by atoms with Crippen LogP contribution < -0.4 is 5.32 Å². The Labute approximate surface area is 98.7 Å². The summed E-state index contributed by atoms with van der Waals surface area (Å²) >= 11 is 0. The number of aryl methyl sites for hydroxylation is 1. The lowest BCUT2D eigenvalue weighted by Crippen LogP contribution is -2.28. The number of rotatable bonds is 6. The Morgan fingerprint density at radius 1 is 1.19 bits per heavy atom. The second-order valence-corrected chi connectivity index (χ2v) is 4.80. The molecule has 90 valence electrons. The van der Waals surface area contributed by atoms with Crippen LogP contribution in [0.3, 0.4) is 0 Å². The van der Waals surface area contributed by atoms with Crippen LogP contribution in [0, 0.1) is 18.8 Å². The van der Waals surface area contributed by atoms with Gasteiger partial charge in [0.1, 0.15) is 0 Å². The Balaban J connectivity index is 2.32. The van der Waals surface area contributed by atoms with Crippen molar-refractivity contribution in [3.63, 3.8) is 0 Å². The third-order valence-corrected chi connectivity index (χ3v) is 3.03. The van der Waals surface area contributed by atoms with Gasteiger partial charge in [-0.2, -0.15) is 0 Å². The molecule has 0 aliphatic heterocycles. The van der Waals surface area contributed by atoms with Crippen molar-refractivity contribution in [1.29, 1.82) is 0 Å². The minimum Gasteiger partial charge on any atom is -0.396 e. The van der Waals surface area contributed by atoms with Crippen molar-refractivity contribution in [2.24, 2.45) is 11.8 Å². The van der Waals surface area contributed by atoms with Gasteiger partial charge in [-0.25, -0.2) is 0 Å². The Kier molecular flexibility index (Phi) is 5.50. The summed E-state index contributed by atoms with van der Waals surface area (Å²) in [5.74, 6) is 0.876. The Morgan fingerprint density at radius 2 is 1.81 bits per heavy atom. The lowest BCUT2D eigenvalue weighted by molar-refractivity contribution is 0.186. The van der Waals surface area contributed by atoms with Crippen molar-refractivity contribution in [3.8, 4) is 0 Å². The fraction of sp³-hybridized carbons (Fsp3) is 0.571. The van der Waals surface area contributed by atoms with Gasteiger partial charge >= 0.3 is 0 Å². The van der Waals surface area contributed by atoms with Crippen molar-refractivity contribution >= 4 is 0 Å². The Morgan fingerprint density at radius 3 is 2.31 bits per heavy atom. The van der Waals surface area contributed by atoms with E-state index < -0.39 is 0 Å². The zero-order valence-corrected chi connectivity index (χ0v) is 10.5. The molecule has 0 fully saturated rings. The van der Waals surface area contributed by atoms with Crippen LogP contribution in [0.15, 0.2) is 24.3 Å². The smallest absolute Gasteiger partial charge is 0.0473 e. The van der Waals surface area contributed by atoms with Crippen molar-refractivity contribution < 1.29 is 5.11 Å². The van der Waals surface area contributed by atoms with Gasteiger partial charge in [-0.1, -0.05) is 43.7 Å². The van der Waals surface area contributed by atoms with Gasteiger partial charge in [-0.15, -0.1) is 0 Å². The van der Waals surface area contributed by atoms with E-state index in [-0.39, 0.29) is 6.61 Å². The van der Waals surface area contributed by atoms with Gasteiger partial charge in [0.15, 0.2) is 0 Å². The highest BCUT2D eigenvalue weighted by molar-refractivity contribution is 5.21. The maximum atomic E-state index is 9.19. The van der Waals surface area contributed by atoms with E-state index in [0.717, 1.165) is 13.1 Å². The highest BCUT2D eigenvalue weighted by Crippen LogP contribution is 2.09. The van der Waals surface area contributed by atoms with Crippen molar-refractivity contribution in [2.75, 3.05) is 13.2 Å². The largest absolute Gasteiger partial charge is 0.396 e. The molecule has 0 bridgehead atoms. The minimum absolute atomic E-state index is 0.262. The third kappa shape index (κ3) is 4.33. The molecule has 2 nitrogen and oxygen atoms in total. The molecule has 0 radical (unpaired) electrons.